The molecule has 0 bridgehead atoms. The Balaban J connectivity index is 1.79. The van der Waals surface area contributed by atoms with Gasteiger partial charge in [-0.2, -0.15) is 0 Å². The second-order valence-electron chi connectivity index (χ2n) is 6.48. The molecule has 0 radical (unpaired) electrons. The fourth-order valence-electron chi connectivity index (χ4n) is 3.40. The van der Waals surface area contributed by atoms with E-state index in [1.807, 2.05) is 0 Å². The molecular weight excluding hydrogens is 314 g/mol. The summed E-state index contributed by atoms with van der Waals surface area (Å²) in [5, 5.41) is 0. The maximum absolute atomic E-state index is 5.70. The molecule has 0 aliphatic carbocycles. The van der Waals surface area contributed by atoms with Gasteiger partial charge in [0.2, 0.25) is 12.5 Å². The van der Waals surface area contributed by atoms with Crippen LogP contribution in [0.5, 0.6) is 17.2 Å². The Hall–Kier alpha value is -2.64. The van der Waals surface area contributed by atoms with Crippen molar-refractivity contribution in [3.05, 3.63) is 52.6 Å². The van der Waals surface area contributed by atoms with Crippen molar-refractivity contribution in [1.82, 2.24) is 4.90 Å². The molecule has 2 aromatic rings. The number of fused-ring (bicyclic) bond motifs is 2. The third kappa shape index (κ3) is 2.81. The van der Waals surface area contributed by atoms with Crippen LogP contribution in [0.3, 0.4) is 0 Å². The second kappa shape index (κ2) is 6.34. The minimum absolute atomic E-state index is 0.0329. The summed E-state index contributed by atoms with van der Waals surface area (Å²) in [7, 11) is 3.78. The maximum Gasteiger partial charge on any atom is 0.231 e. The molecule has 2 heterocycles. The fraction of sp³-hybridized carbons (Fsp3) is 0.333. The molecular formula is C21H21NO3. The quantitative estimate of drug-likeness (QED) is 0.748. The summed E-state index contributed by atoms with van der Waals surface area (Å²) in [5.74, 6) is 8.95. The molecule has 2 aromatic carbocycles. The first-order valence-corrected chi connectivity index (χ1v) is 8.45. The average molecular weight is 335 g/mol. The Morgan fingerprint density at radius 3 is 2.76 bits per heavy atom. The van der Waals surface area contributed by atoms with Crippen molar-refractivity contribution in [2.24, 2.45) is 0 Å². The van der Waals surface area contributed by atoms with Gasteiger partial charge >= 0.3 is 0 Å². The van der Waals surface area contributed by atoms with Gasteiger partial charge in [-0.15, -0.1) is 0 Å². The van der Waals surface area contributed by atoms with Crippen LogP contribution in [0.25, 0.3) is 0 Å². The highest BCUT2D eigenvalue weighted by Crippen LogP contribution is 2.49. The third-order valence-electron chi connectivity index (χ3n) is 4.80. The number of benzene rings is 2. The van der Waals surface area contributed by atoms with Gasteiger partial charge in [-0.1, -0.05) is 29.5 Å². The number of hydrogen-bond donors (Lipinski definition) is 0. The summed E-state index contributed by atoms with van der Waals surface area (Å²) in [4.78, 5) is 2.26. The molecule has 0 aromatic heterocycles. The van der Waals surface area contributed by atoms with Gasteiger partial charge in [0, 0.05) is 17.7 Å². The van der Waals surface area contributed by atoms with E-state index in [-0.39, 0.29) is 12.8 Å². The molecule has 1 unspecified atom stereocenters. The van der Waals surface area contributed by atoms with E-state index < -0.39 is 0 Å². The summed E-state index contributed by atoms with van der Waals surface area (Å²) in [6.07, 6.45) is 0.946. The smallest absolute Gasteiger partial charge is 0.231 e. The lowest BCUT2D eigenvalue weighted by Crippen LogP contribution is -2.31. The largest absolute Gasteiger partial charge is 0.492 e. The highest BCUT2D eigenvalue weighted by atomic mass is 16.7. The van der Waals surface area contributed by atoms with Crippen LogP contribution in [0, 0.1) is 18.8 Å². The lowest BCUT2D eigenvalue weighted by Gasteiger charge is -2.32. The molecule has 1 atom stereocenters. The third-order valence-corrected chi connectivity index (χ3v) is 4.80. The van der Waals surface area contributed by atoms with Crippen molar-refractivity contribution in [2.75, 3.05) is 27.5 Å². The minimum Gasteiger partial charge on any atom is -0.492 e. The van der Waals surface area contributed by atoms with E-state index in [2.05, 4.69) is 61.0 Å². The van der Waals surface area contributed by atoms with E-state index >= 15 is 0 Å². The summed E-state index contributed by atoms with van der Waals surface area (Å²) in [5.41, 5.74) is 4.58. The Bertz CT molecular complexity index is 861. The average Bonchev–Trinajstić information content (AvgIpc) is 3.08. The molecule has 128 valence electrons. The molecule has 4 rings (SSSR count). The van der Waals surface area contributed by atoms with E-state index in [1.54, 1.807) is 7.11 Å². The number of aryl methyl sites for hydroxylation is 1. The standard InChI is InChI=1S/C21H21NO3/c1-14-4-6-15(7-5-14)8-9-17-19-16(10-11-22(17)2)12-18-20(21(19)23-3)25-13-24-18/h4-7,12,17H,10-11,13H2,1-3H3. The number of likely N-dealkylation sites (N-methyl/N-ethyl adjacent to an activating group) is 1. The van der Waals surface area contributed by atoms with Crippen LogP contribution in [-0.4, -0.2) is 32.4 Å². The summed E-state index contributed by atoms with van der Waals surface area (Å²) >= 11 is 0. The van der Waals surface area contributed by atoms with Crippen LogP contribution in [0.15, 0.2) is 30.3 Å². The van der Waals surface area contributed by atoms with Gasteiger partial charge in [-0.25, -0.2) is 0 Å². The van der Waals surface area contributed by atoms with Gasteiger partial charge in [-0.05, 0) is 44.2 Å². The predicted molar refractivity (Wildman–Crippen MR) is 96.2 cm³/mol. The zero-order valence-electron chi connectivity index (χ0n) is 14.8. The van der Waals surface area contributed by atoms with Crippen molar-refractivity contribution >= 4 is 0 Å². The molecule has 2 aliphatic heterocycles. The first kappa shape index (κ1) is 15.9. The predicted octanol–water partition coefficient (Wildman–Crippen LogP) is 3.31. The molecule has 4 heteroatoms. The molecule has 2 aliphatic rings. The monoisotopic (exact) mass is 335 g/mol. The maximum atomic E-state index is 5.70. The van der Waals surface area contributed by atoms with Crippen LogP contribution in [0.1, 0.15) is 28.3 Å². The van der Waals surface area contributed by atoms with E-state index in [4.69, 9.17) is 14.2 Å². The lowest BCUT2D eigenvalue weighted by molar-refractivity contribution is 0.171. The molecule has 0 spiro atoms. The van der Waals surface area contributed by atoms with Gasteiger partial charge in [0.25, 0.3) is 0 Å². The number of rotatable bonds is 1. The van der Waals surface area contributed by atoms with Crippen molar-refractivity contribution in [3.8, 4) is 29.1 Å². The van der Waals surface area contributed by atoms with Crippen molar-refractivity contribution in [2.45, 2.75) is 19.4 Å². The van der Waals surface area contributed by atoms with Crippen molar-refractivity contribution in [3.63, 3.8) is 0 Å². The minimum atomic E-state index is -0.0329. The molecule has 0 N–H and O–H groups in total. The van der Waals surface area contributed by atoms with Crippen LogP contribution >= 0.6 is 0 Å². The number of ether oxygens (including phenoxy) is 3. The van der Waals surface area contributed by atoms with Crippen molar-refractivity contribution in [1.29, 1.82) is 0 Å². The van der Waals surface area contributed by atoms with E-state index in [0.29, 0.717) is 5.75 Å². The Kier molecular flexibility index (Phi) is 4.03. The van der Waals surface area contributed by atoms with E-state index in [9.17, 15) is 0 Å². The highest BCUT2D eigenvalue weighted by molar-refractivity contribution is 5.63. The SMILES string of the molecule is COc1c2c(cc3c1C(C#Cc1ccc(C)cc1)N(C)CC3)OCO2. The van der Waals surface area contributed by atoms with Crippen LogP contribution in [0.4, 0.5) is 0 Å². The first-order valence-electron chi connectivity index (χ1n) is 8.45. The molecule has 0 saturated carbocycles. The topological polar surface area (TPSA) is 30.9 Å². The Labute approximate surface area is 148 Å². The van der Waals surface area contributed by atoms with Gasteiger partial charge in [0.1, 0.15) is 6.04 Å². The van der Waals surface area contributed by atoms with Gasteiger partial charge in [-0.3, -0.25) is 4.90 Å². The van der Waals surface area contributed by atoms with Gasteiger partial charge in [0.05, 0.1) is 7.11 Å². The van der Waals surface area contributed by atoms with Gasteiger partial charge < -0.3 is 14.2 Å². The van der Waals surface area contributed by atoms with Gasteiger partial charge in [0.15, 0.2) is 11.5 Å². The Morgan fingerprint density at radius 1 is 1.20 bits per heavy atom. The van der Waals surface area contributed by atoms with E-state index in [0.717, 1.165) is 35.6 Å². The van der Waals surface area contributed by atoms with Crippen LogP contribution < -0.4 is 14.2 Å². The zero-order valence-corrected chi connectivity index (χ0v) is 14.8. The second-order valence-corrected chi connectivity index (χ2v) is 6.48. The summed E-state index contributed by atoms with van der Waals surface area (Å²) in [6, 6.07) is 10.3. The van der Waals surface area contributed by atoms with E-state index in [1.165, 1.54) is 11.1 Å². The molecule has 4 nitrogen and oxygen atoms in total. The zero-order chi connectivity index (χ0) is 17.4. The number of nitrogens with zero attached hydrogens (tertiary/aromatic N) is 1. The molecule has 0 amide bonds. The molecule has 0 fully saturated rings. The number of methoxy groups -OCH3 is 1. The van der Waals surface area contributed by atoms with Crippen LogP contribution in [0.2, 0.25) is 0 Å². The summed E-state index contributed by atoms with van der Waals surface area (Å²) in [6.45, 7) is 3.27. The molecule has 25 heavy (non-hydrogen) atoms. The normalized spacial score (nSPS) is 18.3. The Morgan fingerprint density at radius 2 is 2.00 bits per heavy atom. The van der Waals surface area contributed by atoms with Crippen LogP contribution in [-0.2, 0) is 6.42 Å². The number of hydrogen-bond acceptors (Lipinski definition) is 4. The summed E-state index contributed by atoms with van der Waals surface area (Å²) < 4.78 is 16.9. The highest BCUT2D eigenvalue weighted by Gasteiger charge is 2.33. The van der Waals surface area contributed by atoms with Crippen molar-refractivity contribution < 1.29 is 14.2 Å². The molecule has 0 saturated heterocycles. The first-order chi connectivity index (χ1) is 12.2. The lowest BCUT2D eigenvalue weighted by atomic mass is 9.91. The fourth-order valence-corrected chi connectivity index (χ4v) is 3.40.